The smallest absolute Gasteiger partial charge is 0.328 e. The van der Waals surface area contributed by atoms with Crippen molar-refractivity contribution in [3.05, 3.63) is 22.5 Å². The van der Waals surface area contributed by atoms with E-state index in [2.05, 4.69) is 5.10 Å². The van der Waals surface area contributed by atoms with Gasteiger partial charge in [0.15, 0.2) is 6.04 Å². The fourth-order valence-corrected chi connectivity index (χ4v) is 2.40. The van der Waals surface area contributed by atoms with Crippen LogP contribution in [0.25, 0.3) is 6.08 Å². The van der Waals surface area contributed by atoms with Crippen LogP contribution >= 0.6 is 11.6 Å². The quantitative estimate of drug-likeness (QED) is 0.831. The average molecular weight is 314 g/mol. The number of ether oxygens (including phenoxy) is 1. The summed E-state index contributed by atoms with van der Waals surface area (Å²) in [7, 11) is 1.71. The highest BCUT2D eigenvalue weighted by Gasteiger charge is 2.31. The highest BCUT2D eigenvalue weighted by atomic mass is 35.5. The standard InChI is InChI=1S/C13H16ClN3O4/c1-8-9(12(14)16(2)15-8)3-4-11(18)17-5-6-21-7-10(17)13(19)20/h3-4,10H,5-7H2,1-2H3,(H,19,20)/b4-3+. The lowest BCUT2D eigenvalue weighted by molar-refractivity contribution is -0.156. The van der Waals surface area contributed by atoms with Crippen molar-refractivity contribution < 1.29 is 19.4 Å². The van der Waals surface area contributed by atoms with E-state index in [0.717, 1.165) is 0 Å². The number of carboxylic acids is 1. The molecule has 8 heteroatoms. The molecule has 1 amide bonds. The van der Waals surface area contributed by atoms with Gasteiger partial charge < -0.3 is 14.7 Å². The third-order valence-electron chi connectivity index (χ3n) is 3.29. The predicted molar refractivity (Wildman–Crippen MR) is 75.9 cm³/mol. The van der Waals surface area contributed by atoms with Gasteiger partial charge in [-0.15, -0.1) is 0 Å². The lowest BCUT2D eigenvalue weighted by Crippen LogP contribution is -2.52. The van der Waals surface area contributed by atoms with Crippen LogP contribution in [0.1, 0.15) is 11.3 Å². The molecule has 0 spiro atoms. The van der Waals surface area contributed by atoms with Crippen molar-refractivity contribution in [1.29, 1.82) is 0 Å². The molecule has 1 saturated heterocycles. The second-order valence-electron chi connectivity index (χ2n) is 4.71. The Balaban J connectivity index is 2.16. The fraction of sp³-hybridized carbons (Fsp3) is 0.462. The van der Waals surface area contributed by atoms with Crippen molar-refractivity contribution in [2.75, 3.05) is 19.8 Å². The summed E-state index contributed by atoms with van der Waals surface area (Å²) >= 11 is 6.07. The van der Waals surface area contributed by atoms with Gasteiger partial charge >= 0.3 is 5.97 Å². The van der Waals surface area contributed by atoms with Gasteiger partial charge in [0.25, 0.3) is 0 Å². The summed E-state index contributed by atoms with van der Waals surface area (Å²) in [6, 6.07) is -0.957. The van der Waals surface area contributed by atoms with Crippen LogP contribution in [0.4, 0.5) is 0 Å². The number of rotatable bonds is 3. The van der Waals surface area contributed by atoms with Crippen molar-refractivity contribution in [1.82, 2.24) is 14.7 Å². The molecule has 0 aromatic carbocycles. The van der Waals surface area contributed by atoms with Gasteiger partial charge in [0.2, 0.25) is 5.91 Å². The molecule has 1 atom stereocenters. The third kappa shape index (κ3) is 3.25. The Hall–Kier alpha value is -1.86. The summed E-state index contributed by atoms with van der Waals surface area (Å²) in [6.07, 6.45) is 2.87. The first-order valence-corrected chi connectivity index (χ1v) is 6.78. The number of carbonyl (C=O) groups is 2. The zero-order valence-electron chi connectivity index (χ0n) is 11.7. The van der Waals surface area contributed by atoms with Crippen molar-refractivity contribution in [3.8, 4) is 0 Å². The molecule has 2 heterocycles. The highest BCUT2D eigenvalue weighted by Crippen LogP contribution is 2.20. The molecule has 0 bridgehead atoms. The van der Waals surface area contributed by atoms with Crippen molar-refractivity contribution in [2.24, 2.45) is 7.05 Å². The lowest BCUT2D eigenvalue weighted by Gasteiger charge is -2.31. The molecule has 1 unspecified atom stereocenters. The van der Waals surface area contributed by atoms with E-state index >= 15 is 0 Å². The molecule has 114 valence electrons. The minimum absolute atomic E-state index is 0.00158. The minimum atomic E-state index is -1.08. The Morgan fingerprint density at radius 3 is 2.81 bits per heavy atom. The molecule has 0 saturated carbocycles. The number of aromatic nitrogens is 2. The van der Waals surface area contributed by atoms with Gasteiger partial charge in [-0.25, -0.2) is 4.79 Å². The number of nitrogens with zero attached hydrogens (tertiary/aromatic N) is 3. The second kappa shape index (κ2) is 6.28. The molecule has 1 aromatic rings. The first kappa shape index (κ1) is 15.5. The molecular weight excluding hydrogens is 298 g/mol. The molecule has 0 radical (unpaired) electrons. The van der Waals surface area contributed by atoms with Crippen LogP contribution in [0.5, 0.6) is 0 Å². The second-order valence-corrected chi connectivity index (χ2v) is 5.07. The van der Waals surface area contributed by atoms with Crippen molar-refractivity contribution >= 4 is 29.6 Å². The van der Waals surface area contributed by atoms with Crippen molar-refractivity contribution in [3.63, 3.8) is 0 Å². The van der Waals surface area contributed by atoms with Crippen LogP contribution in [0.2, 0.25) is 5.15 Å². The molecular formula is C13H16ClN3O4. The fourth-order valence-electron chi connectivity index (χ4n) is 2.16. The number of hydrogen-bond acceptors (Lipinski definition) is 4. The van der Waals surface area contributed by atoms with E-state index in [-0.39, 0.29) is 19.1 Å². The Kier molecular flexibility index (Phi) is 4.64. The van der Waals surface area contributed by atoms with Crippen LogP contribution in [-0.2, 0) is 21.4 Å². The average Bonchev–Trinajstić information content (AvgIpc) is 2.70. The highest BCUT2D eigenvalue weighted by molar-refractivity contribution is 6.31. The van der Waals surface area contributed by atoms with Crippen LogP contribution in [-0.4, -0.2) is 57.5 Å². The van der Waals surface area contributed by atoms with Gasteiger partial charge in [0.1, 0.15) is 5.15 Å². The number of carbonyl (C=O) groups excluding carboxylic acids is 1. The van der Waals surface area contributed by atoms with Gasteiger partial charge in [-0.2, -0.15) is 5.10 Å². The maximum atomic E-state index is 12.2. The summed E-state index contributed by atoms with van der Waals surface area (Å²) in [6.45, 7) is 2.36. The van der Waals surface area contributed by atoms with E-state index in [4.69, 9.17) is 21.4 Å². The third-order valence-corrected chi connectivity index (χ3v) is 3.73. The van der Waals surface area contributed by atoms with Gasteiger partial charge in [-0.3, -0.25) is 9.48 Å². The van der Waals surface area contributed by atoms with Crippen LogP contribution in [0.15, 0.2) is 6.08 Å². The number of morpholine rings is 1. The van der Waals surface area contributed by atoms with Crippen LogP contribution < -0.4 is 0 Å². The van der Waals surface area contributed by atoms with E-state index in [1.165, 1.54) is 15.7 Å². The Morgan fingerprint density at radius 2 is 2.24 bits per heavy atom. The van der Waals surface area contributed by atoms with Crippen molar-refractivity contribution in [2.45, 2.75) is 13.0 Å². The number of amides is 1. The first-order chi connectivity index (χ1) is 9.91. The number of aliphatic carboxylic acids is 1. The molecule has 2 rings (SSSR count). The zero-order valence-corrected chi connectivity index (χ0v) is 12.5. The van der Waals surface area contributed by atoms with E-state index in [1.807, 2.05) is 0 Å². The van der Waals surface area contributed by atoms with E-state index < -0.39 is 12.0 Å². The summed E-state index contributed by atoms with van der Waals surface area (Å²) < 4.78 is 6.60. The number of halogens is 1. The maximum Gasteiger partial charge on any atom is 0.328 e. The summed E-state index contributed by atoms with van der Waals surface area (Å²) in [4.78, 5) is 24.6. The minimum Gasteiger partial charge on any atom is -0.480 e. The molecule has 1 aliphatic rings. The zero-order chi connectivity index (χ0) is 15.6. The molecule has 7 nitrogen and oxygen atoms in total. The van der Waals surface area contributed by atoms with Gasteiger partial charge in [0, 0.05) is 25.2 Å². The first-order valence-electron chi connectivity index (χ1n) is 6.40. The molecule has 1 fully saturated rings. The molecule has 0 aliphatic carbocycles. The number of aryl methyl sites for hydroxylation is 2. The Morgan fingerprint density at radius 1 is 1.52 bits per heavy atom. The van der Waals surface area contributed by atoms with Gasteiger partial charge in [-0.1, -0.05) is 11.6 Å². The summed E-state index contributed by atoms with van der Waals surface area (Å²) in [5, 5.41) is 13.7. The Bertz CT molecular complexity index is 596. The van der Waals surface area contributed by atoms with E-state index in [9.17, 15) is 9.59 Å². The predicted octanol–water partition coefficient (Wildman–Crippen LogP) is 0.707. The normalized spacial score (nSPS) is 19.2. The monoisotopic (exact) mass is 313 g/mol. The lowest BCUT2D eigenvalue weighted by atomic mass is 10.2. The topological polar surface area (TPSA) is 84.7 Å². The molecule has 1 aliphatic heterocycles. The number of hydrogen-bond donors (Lipinski definition) is 1. The summed E-state index contributed by atoms with van der Waals surface area (Å²) in [5.41, 5.74) is 1.34. The largest absolute Gasteiger partial charge is 0.480 e. The van der Waals surface area contributed by atoms with Gasteiger partial charge in [-0.05, 0) is 13.0 Å². The van der Waals surface area contributed by atoms with E-state index in [0.29, 0.717) is 23.0 Å². The van der Waals surface area contributed by atoms with Crippen LogP contribution in [0, 0.1) is 6.92 Å². The van der Waals surface area contributed by atoms with E-state index in [1.54, 1.807) is 20.0 Å². The van der Waals surface area contributed by atoms with Crippen LogP contribution in [0.3, 0.4) is 0 Å². The maximum absolute atomic E-state index is 12.2. The number of carboxylic acid groups (broad SMARTS) is 1. The Labute approximate surface area is 126 Å². The molecule has 1 aromatic heterocycles. The molecule has 21 heavy (non-hydrogen) atoms. The SMILES string of the molecule is Cc1nn(C)c(Cl)c1/C=C/C(=O)N1CCOCC1C(=O)O. The van der Waals surface area contributed by atoms with Gasteiger partial charge in [0.05, 0.1) is 18.9 Å². The summed E-state index contributed by atoms with van der Waals surface area (Å²) in [5.74, 6) is -1.46. The molecule has 1 N–H and O–H groups in total.